The van der Waals surface area contributed by atoms with Gasteiger partial charge in [0.1, 0.15) is 6.04 Å². The van der Waals surface area contributed by atoms with E-state index in [4.69, 9.17) is 5.73 Å². The van der Waals surface area contributed by atoms with Crippen LogP contribution in [0.3, 0.4) is 0 Å². The van der Waals surface area contributed by atoms with E-state index in [9.17, 15) is 9.59 Å². The largest absolute Gasteiger partial charge is 0.354 e. The van der Waals surface area contributed by atoms with Gasteiger partial charge in [-0.25, -0.2) is 0 Å². The van der Waals surface area contributed by atoms with Crippen molar-refractivity contribution in [1.82, 2.24) is 10.6 Å². The number of nitrogens with one attached hydrogen (secondary N) is 2. The Labute approximate surface area is 132 Å². The first-order valence-electron chi connectivity index (χ1n) is 6.79. The summed E-state index contributed by atoms with van der Waals surface area (Å²) in [5, 5.41) is 5.44. The number of amides is 2. The topological polar surface area (TPSA) is 84.2 Å². The molecule has 21 heavy (non-hydrogen) atoms. The Morgan fingerprint density at radius 1 is 1.19 bits per heavy atom. The van der Waals surface area contributed by atoms with Gasteiger partial charge in [-0.3, -0.25) is 9.59 Å². The third kappa shape index (κ3) is 7.11. The van der Waals surface area contributed by atoms with Gasteiger partial charge in [0, 0.05) is 19.0 Å². The fourth-order valence-electron chi connectivity index (χ4n) is 1.73. The van der Waals surface area contributed by atoms with Crippen molar-refractivity contribution < 1.29 is 9.59 Å². The summed E-state index contributed by atoms with van der Waals surface area (Å²) in [5.74, 6) is -0.351. The van der Waals surface area contributed by atoms with E-state index >= 15 is 0 Å². The van der Waals surface area contributed by atoms with Gasteiger partial charge in [0.2, 0.25) is 11.8 Å². The van der Waals surface area contributed by atoms with Crippen LogP contribution in [0.15, 0.2) is 24.3 Å². The van der Waals surface area contributed by atoms with Gasteiger partial charge in [-0.15, -0.1) is 12.4 Å². The first-order chi connectivity index (χ1) is 9.40. The number of carbonyl (C=O) groups is 2. The summed E-state index contributed by atoms with van der Waals surface area (Å²) in [6, 6.07) is 6.91. The summed E-state index contributed by atoms with van der Waals surface area (Å²) in [6.07, 6.45) is 0.255. The lowest BCUT2D eigenvalue weighted by atomic mass is 10.1. The first kappa shape index (κ1) is 19.4. The molecule has 0 aliphatic carbocycles. The summed E-state index contributed by atoms with van der Waals surface area (Å²) in [5.41, 5.74) is 7.75. The summed E-state index contributed by atoms with van der Waals surface area (Å²) in [7, 11) is 0. The molecule has 0 fully saturated rings. The van der Waals surface area contributed by atoms with E-state index in [1.807, 2.05) is 45.0 Å². The van der Waals surface area contributed by atoms with Gasteiger partial charge in [-0.05, 0) is 26.3 Å². The second-order valence-electron chi connectivity index (χ2n) is 5.15. The molecule has 0 aliphatic heterocycles. The van der Waals surface area contributed by atoms with Crippen LogP contribution in [0.25, 0.3) is 0 Å². The van der Waals surface area contributed by atoms with E-state index in [-0.39, 0.29) is 43.2 Å². The molecule has 1 unspecified atom stereocenters. The summed E-state index contributed by atoms with van der Waals surface area (Å²) in [4.78, 5) is 23.3. The van der Waals surface area contributed by atoms with E-state index in [0.29, 0.717) is 0 Å². The third-order valence-electron chi connectivity index (χ3n) is 2.82. The smallest absolute Gasteiger partial charge is 0.241 e. The number of carbonyl (C=O) groups excluding carboxylic acids is 2. The fourth-order valence-corrected chi connectivity index (χ4v) is 1.73. The normalized spacial score (nSPS) is 11.5. The van der Waals surface area contributed by atoms with Crippen molar-refractivity contribution in [3.8, 4) is 0 Å². The molecule has 0 heterocycles. The number of rotatable bonds is 6. The molecule has 1 aromatic carbocycles. The number of hydrogen-bond donors (Lipinski definition) is 3. The molecule has 5 nitrogen and oxygen atoms in total. The number of halogens is 1. The zero-order valence-electron chi connectivity index (χ0n) is 12.7. The third-order valence-corrected chi connectivity index (χ3v) is 2.82. The van der Waals surface area contributed by atoms with Gasteiger partial charge in [-0.1, -0.05) is 29.8 Å². The minimum absolute atomic E-state index is 0. The van der Waals surface area contributed by atoms with E-state index in [1.165, 1.54) is 0 Å². The Morgan fingerprint density at radius 2 is 1.76 bits per heavy atom. The molecule has 1 aromatic rings. The molecule has 4 N–H and O–H groups in total. The van der Waals surface area contributed by atoms with E-state index in [2.05, 4.69) is 10.6 Å². The van der Waals surface area contributed by atoms with Crippen molar-refractivity contribution in [2.45, 2.75) is 39.3 Å². The van der Waals surface area contributed by atoms with Crippen molar-refractivity contribution in [1.29, 1.82) is 0 Å². The van der Waals surface area contributed by atoms with Gasteiger partial charge in [0.25, 0.3) is 0 Å². The van der Waals surface area contributed by atoms with Crippen LogP contribution in [-0.2, 0) is 9.59 Å². The van der Waals surface area contributed by atoms with Gasteiger partial charge in [-0.2, -0.15) is 0 Å². The molecule has 0 spiro atoms. The van der Waals surface area contributed by atoms with Crippen LogP contribution in [0.4, 0.5) is 0 Å². The average molecular weight is 314 g/mol. The molecule has 0 aliphatic rings. The van der Waals surface area contributed by atoms with Gasteiger partial charge >= 0.3 is 0 Å². The average Bonchev–Trinajstić information content (AvgIpc) is 2.37. The maximum Gasteiger partial charge on any atom is 0.241 e. The molecular formula is C15H24ClN3O2. The molecule has 0 bridgehead atoms. The van der Waals surface area contributed by atoms with Crippen molar-refractivity contribution in [3.63, 3.8) is 0 Å². The van der Waals surface area contributed by atoms with Crippen molar-refractivity contribution in [2.24, 2.45) is 5.73 Å². The molecular weight excluding hydrogens is 290 g/mol. The number of hydrogen-bond acceptors (Lipinski definition) is 3. The molecule has 1 atom stereocenters. The minimum atomic E-state index is -0.705. The van der Waals surface area contributed by atoms with Gasteiger partial charge < -0.3 is 16.4 Å². The summed E-state index contributed by atoms with van der Waals surface area (Å²) < 4.78 is 0. The predicted octanol–water partition coefficient (Wildman–Crippen LogP) is 1.45. The lowest BCUT2D eigenvalue weighted by molar-refractivity contribution is -0.123. The zero-order valence-corrected chi connectivity index (χ0v) is 13.5. The summed E-state index contributed by atoms with van der Waals surface area (Å²) >= 11 is 0. The van der Waals surface area contributed by atoms with Crippen LogP contribution in [0.5, 0.6) is 0 Å². The fraction of sp³-hybridized carbons (Fsp3) is 0.467. The molecule has 6 heteroatoms. The Balaban J connectivity index is 0.00000400. The Morgan fingerprint density at radius 3 is 2.29 bits per heavy atom. The van der Waals surface area contributed by atoms with Crippen LogP contribution in [0.1, 0.15) is 37.4 Å². The van der Waals surface area contributed by atoms with E-state index < -0.39 is 6.04 Å². The standard InChI is InChI=1S/C15H23N3O2.ClH/c1-10(2)18-13(19)8-9-17-15(20)14(16)12-6-4-11(3)5-7-12;/h4-7,10,14H,8-9,16H2,1-3H3,(H,17,20)(H,18,19);1H. The zero-order chi connectivity index (χ0) is 15.1. The van der Waals surface area contributed by atoms with Crippen molar-refractivity contribution >= 4 is 24.2 Å². The molecule has 2 amide bonds. The predicted molar refractivity (Wildman–Crippen MR) is 86.3 cm³/mol. The molecule has 0 radical (unpaired) electrons. The highest BCUT2D eigenvalue weighted by molar-refractivity contribution is 5.85. The maximum absolute atomic E-state index is 11.9. The first-order valence-corrected chi connectivity index (χ1v) is 6.79. The lowest BCUT2D eigenvalue weighted by Gasteiger charge is -2.13. The van der Waals surface area contributed by atoms with Crippen LogP contribution >= 0.6 is 12.4 Å². The van der Waals surface area contributed by atoms with E-state index in [0.717, 1.165) is 11.1 Å². The highest BCUT2D eigenvalue weighted by atomic mass is 35.5. The van der Waals surface area contributed by atoms with Crippen molar-refractivity contribution in [3.05, 3.63) is 35.4 Å². The highest BCUT2D eigenvalue weighted by Gasteiger charge is 2.15. The Hall–Kier alpha value is -1.59. The lowest BCUT2D eigenvalue weighted by Crippen LogP contribution is -2.37. The SMILES string of the molecule is Cc1ccc(C(N)C(=O)NCCC(=O)NC(C)C)cc1.Cl. The van der Waals surface area contributed by atoms with Crippen LogP contribution in [0.2, 0.25) is 0 Å². The number of nitrogens with two attached hydrogens (primary N) is 1. The number of benzene rings is 1. The quantitative estimate of drug-likeness (QED) is 0.743. The maximum atomic E-state index is 11.9. The van der Waals surface area contributed by atoms with E-state index in [1.54, 1.807) is 0 Å². The van der Waals surface area contributed by atoms with Gasteiger partial charge in [0.05, 0.1) is 0 Å². The minimum Gasteiger partial charge on any atom is -0.354 e. The van der Waals surface area contributed by atoms with Crippen molar-refractivity contribution in [2.75, 3.05) is 6.54 Å². The number of aryl methyl sites for hydroxylation is 1. The second-order valence-corrected chi connectivity index (χ2v) is 5.15. The highest BCUT2D eigenvalue weighted by Crippen LogP contribution is 2.11. The Kier molecular flexibility index (Phi) is 8.66. The molecule has 0 saturated heterocycles. The monoisotopic (exact) mass is 313 g/mol. The second kappa shape index (κ2) is 9.37. The van der Waals surface area contributed by atoms with Crippen LogP contribution in [0, 0.1) is 6.92 Å². The summed E-state index contributed by atoms with van der Waals surface area (Å²) in [6.45, 7) is 6.05. The molecule has 1 rings (SSSR count). The van der Waals surface area contributed by atoms with Crippen LogP contribution in [-0.4, -0.2) is 24.4 Å². The van der Waals surface area contributed by atoms with Crippen LogP contribution < -0.4 is 16.4 Å². The van der Waals surface area contributed by atoms with Gasteiger partial charge in [0.15, 0.2) is 0 Å². The Bertz CT molecular complexity index is 460. The molecule has 118 valence electrons. The molecule has 0 saturated carbocycles. The molecule has 0 aromatic heterocycles.